The average Bonchev–Trinajstić information content (AvgIpc) is 2.51. The largest absolute Gasteiger partial charge is 0.0656 e. The van der Waals surface area contributed by atoms with Gasteiger partial charge in [-0.05, 0) is 18.4 Å². The van der Waals surface area contributed by atoms with Crippen molar-refractivity contribution in [3.05, 3.63) is 35.9 Å². The van der Waals surface area contributed by atoms with Gasteiger partial charge in [0, 0.05) is 0 Å². The van der Waals surface area contributed by atoms with Gasteiger partial charge in [-0.3, -0.25) is 0 Å². The Balaban J connectivity index is 0.00000122. The van der Waals surface area contributed by atoms with Gasteiger partial charge in [-0.1, -0.05) is 115 Å². The van der Waals surface area contributed by atoms with Crippen LogP contribution in [0.3, 0.4) is 0 Å². The average molecular weight is 291 g/mol. The first-order valence-electron chi connectivity index (χ1n) is 9.39. The van der Waals surface area contributed by atoms with E-state index in [9.17, 15) is 0 Å². The van der Waals surface area contributed by atoms with E-state index in [4.69, 9.17) is 0 Å². The summed E-state index contributed by atoms with van der Waals surface area (Å²) in [7, 11) is 0. The Labute approximate surface area is 134 Å². The number of hydrogen-bond donors (Lipinski definition) is 0. The highest BCUT2D eigenvalue weighted by Gasteiger charge is 1.94. The van der Waals surface area contributed by atoms with Gasteiger partial charge in [0.15, 0.2) is 0 Å². The van der Waals surface area contributed by atoms with Gasteiger partial charge in [-0.2, -0.15) is 0 Å². The van der Waals surface area contributed by atoms with Crippen LogP contribution in [-0.2, 0) is 6.42 Å². The minimum atomic E-state index is 1.25. The molecule has 0 unspecified atom stereocenters. The number of aryl methyl sites for hydroxylation is 1. The van der Waals surface area contributed by atoms with Gasteiger partial charge < -0.3 is 0 Å². The van der Waals surface area contributed by atoms with E-state index < -0.39 is 0 Å². The minimum absolute atomic E-state index is 1.25. The van der Waals surface area contributed by atoms with Crippen LogP contribution in [0.15, 0.2) is 30.3 Å². The van der Waals surface area contributed by atoms with E-state index in [0.717, 1.165) is 0 Å². The van der Waals surface area contributed by atoms with E-state index in [1.54, 1.807) is 0 Å². The molecule has 1 aromatic rings. The van der Waals surface area contributed by atoms with Crippen LogP contribution in [0.2, 0.25) is 0 Å². The molecule has 0 nitrogen and oxygen atoms in total. The molecule has 0 radical (unpaired) electrons. The molecule has 0 spiro atoms. The smallest absolute Gasteiger partial charge is 0.0279 e. The van der Waals surface area contributed by atoms with E-state index in [1.165, 1.54) is 82.6 Å². The van der Waals surface area contributed by atoms with E-state index in [2.05, 4.69) is 51.1 Å². The first-order chi connectivity index (χ1) is 10.3. The molecular formula is C21H38. The lowest BCUT2D eigenvalue weighted by atomic mass is 10.0. The highest BCUT2D eigenvalue weighted by Crippen LogP contribution is 2.12. The molecular weight excluding hydrogens is 252 g/mol. The third kappa shape index (κ3) is 15.4. The molecule has 0 atom stereocenters. The molecule has 21 heavy (non-hydrogen) atoms. The first kappa shape index (κ1) is 20.2. The molecule has 122 valence electrons. The van der Waals surface area contributed by atoms with Crippen molar-refractivity contribution in [1.29, 1.82) is 0 Å². The summed E-state index contributed by atoms with van der Waals surface area (Å²) in [5.41, 5.74) is 1.50. The van der Waals surface area contributed by atoms with Crippen molar-refractivity contribution in [2.75, 3.05) is 0 Å². The lowest BCUT2D eigenvalue weighted by Gasteiger charge is -2.03. The molecule has 0 amide bonds. The zero-order chi connectivity index (χ0) is 15.6. The summed E-state index contributed by atoms with van der Waals surface area (Å²) in [5, 5.41) is 0. The standard InChI is InChI=1S/C18H30.C3H8/c1-2-3-4-5-6-7-8-9-10-12-15-18-16-13-11-14-17-18;1-3-2/h11,13-14,16-17H,2-10,12,15H2,1H3;3H2,1-2H3. The zero-order valence-corrected chi connectivity index (χ0v) is 14.9. The highest BCUT2D eigenvalue weighted by molar-refractivity contribution is 5.14. The quantitative estimate of drug-likeness (QED) is 0.369. The van der Waals surface area contributed by atoms with Gasteiger partial charge in [0.05, 0.1) is 0 Å². The second kappa shape index (κ2) is 17.3. The molecule has 0 aliphatic rings. The number of rotatable bonds is 11. The second-order valence-electron chi connectivity index (χ2n) is 6.12. The Morgan fingerprint density at radius 1 is 0.571 bits per heavy atom. The van der Waals surface area contributed by atoms with Gasteiger partial charge >= 0.3 is 0 Å². The summed E-state index contributed by atoms with van der Waals surface area (Å²) < 4.78 is 0. The topological polar surface area (TPSA) is 0 Å². The molecule has 0 bridgehead atoms. The summed E-state index contributed by atoms with van der Waals surface area (Å²) in [6.45, 7) is 6.53. The number of benzene rings is 1. The molecule has 0 heterocycles. The van der Waals surface area contributed by atoms with Gasteiger partial charge in [-0.25, -0.2) is 0 Å². The van der Waals surface area contributed by atoms with Crippen LogP contribution in [0.1, 0.15) is 97.0 Å². The molecule has 0 N–H and O–H groups in total. The SMILES string of the molecule is CCC.CCCCCCCCCCCCc1ccccc1. The van der Waals surface area contributed by atoms with E-state index in [-0.39, 0.29) is 0 Å². The first-order valence-corrected chi connectivity index (χ1v) is 9.39. The van der Waals surface area contributed by atoms with Gasteiger partial charge in [0.25, 0.3) is 0 Å². The molecule has 0 fully saturated rings. The number of unbranched alkanes of at least 4 members (excludes halogenated alkanes) is 9. The van der Waals surface area contributed by atoms with Crippen LogP contribution in [0.4, 0.5) is 0 Å². The van der Waals surface area contributed by atoms with Crippen molar-refractivity contribution in [1.82, 2.24) is 0 Å². The summed E-state index contributed by atoms with van der Waals surface area (Å²) in [6.07, 6.45) is 16.8. The van der Waals surface area contributed by atoms with Gasteiger partial charge in [-0.15, -0.1) is 0 Å². The molecule has 0 heteroatoms. The summed E-state index contributed by atoms with van der Waals surface area (Å²) >= 11 is 0. The highest BCUT2D eigenvalue weighted by atomic mass is 14.0. The van der Waals surface area contributed by atoms with E-state index in [0.29, 0.717) is 0 Å². The molecule has 0 saturated heterocycles. The predicted octanol–water partition coefficient (Wildman–Crippen LogP) is 7.57. The second-order valence-corrected chi connectivity index (χ2v) is 6.12. The Hall–Kier alpha value is -0.780. The van der Waals surface area contributed by atoms with Crippen molar-refractivity contribution < 1.29 is 0 Å². The lowest BCUT2D eigenvalue weighted by Crippen LogP contribution is -1.86. The lowest BCUT2D eigenvalue weighted by molar-refractivity contribution is 0.556. The molecule has 1 aromatic carbocycles. The van der Waals surface area contributed by atoms with Gasteiger partial charge in [0.2, 0.25) is 0 Å². The summed E-state index contributed by atoms with van der Waals surface area (Å²) in [5.74, 6) is 0. The zero-order valence-electron chi connectivity index (χ0n) is 14.9. The fourth-order valence-electron chi connectivity index (χ4n) is 2.46. The third-order valence-corrected chi connectivity index (χ3v) is 3.66. The van der Waals surface area contributed by atoms with Crippen molar-refractivity contribution >= 4 is 0 Å². The maximum absolute atomic E-state index is 2.28. The van der Waals surface area contributed by atoms with Crippen molar-refractivity contribution in [3.63, 3.8) is 0 Å². The van der Waals surface area contributed by atoms with E-state index >= 15 is 0 Å². The van der Waals surface area contributed by atoms with Crippen molar-refractivity contribution in [2.24, 2.45) is 0 Å². The summed E-state index contributed by atoms with van der Waals surface area (Å²) in [6, 6.07) is 10.9. The van der Waals surface area contributed by atoms with Crippen LogP contribution in [0.5, 0.6) is 0 Å². The normalized spacial score (nSPS) is 10.0. The molecule has 0 saturated carbocycles. The Bertz CT molecular complexity index is 275. The van der Waals surface area contributed by atoms with Crippen LogP contribution < -0.4 is 0 Å². The molecule has 1 rings (SSSR count). The fraction of sp³-hybridized carbons (Fsp3) is 0.714. The molecule has 0 aliphatic carbocycles. The van der Waals surface area contributed by atoms with Gasteiger partial charge in [0.1, 0.15) is 0 Å². The fourth-order valence-corrected chi connectivity index (χ4v) is 2.46. The predicted molar refractivity (Wildman–Crippen MR) is 98.0 cm³/mol. The third-order valence-electron chi connectivity index (χ3n) is 3.66. The Kier molecular flexibility index (Phi) is 16.6. The van der Waals surface area contributed by atoms with Crippen LogP contribution in [-0.4, -0.2) is 0 Å². The Morgan fingerprint density at radius 2 is 1.00 bits per heavy atom. The maximum Gasteiger partial charge on any atom is -0.0279 e. The number of hydrogen-bond acceptors (Lipinski definition) is 0. The molecule has 0 aliphatic heterocycles. The monoisotopic (exact) mass is 290 g/mol. The summed E-state index contributed by atoms with van der Waals surface area (Å²) in [4.78, 5) is 0. The van der Waals surface area contributed by atoms with E-state index in [1.807, 2.05) is 0 Å². The molecule has 0 aromatic heterocycles. The maximum atomic E-state index is 2.28. The van der Waals surface area contributed by atoms with Crippen LogP contribution in [0.25, 0.3) is 0 Å². The van der Waals surface area contributed by atoms with Crippen molar-refractivity contribution in [3.8, 4) is 0 Å². The van der Waals surface area contributed by atoms with Crippen molar-refractivity contribution in [2.45, 2.75) is 97.8 Å². The van der Waals surface area contributed by atoms with Crippen LogP contribution in [0, 0.1) is 0 Å². The Morgan fingerprint density at radius 3 is 1.48 bits per heavy atom. The van der Waals surface area contributed by atoms with Crippen LogP contribution >= 0.6 is 0 Å². The minimum Gasteiger partial charge on any atom is -0.0656 e.